The van der Waals surface area contributed by atoms with E-state index in [4.69, 9.17) is 0 Å². The molecule has 0 aliphatic rings. The number of rotatable bonds is 8. The van der Waals surface area contributed by atoms with Gasteiger partial charge in [0, 0.05) is 30.4 Å². The molecule has 0 spiro atoms. The molecule has 0 aliphatic carbocycles. The van der Waals surface area contributed by atoms with Crippen LogP contribution in [0.1, 0.15) is 11.8 Å². The second-order valence-electron chi connectivity index (χ2n) is 4.57. The Labute approximate surface area is 123 Å². The summed E-state index contributed by atoms with van der Waals surface area (Å²) in [6, 6.07) is 5.82. The Morgan fingerprint density at radius 2 is 2.35 bits per heavy atom. The first-order chi connectivity index (χ1) is 9.75. The molecule has 1 atom stereocenters. The van der Waals surface area contributed by atoms with E-state index in [1.54, 1.807) is 17.5 Å². The average Bonchev–Trinajstić information content (AvgIpc) is 3.11. The number of hydrogen-bond acceptors (Lipinski definition) is 4. The predicted molar refractivity (Wildman–Crippen MR) is 80.7 cm³/mol. The lowest BCUT2D eigenvalue weighted by Crippen LogP contribution is -2.43. The van der Waals surface area contributed by atoms with E-state index in [0.29, 0.717) is 6.54 Å². The van der Waals surface area contributed by atoms with E-state index in [1.165, 1.54) is 4.88 Å². The van der Waals surface area contributed by atoms with Crippen LogP contribution in [0.4, 0.5) is 0 Å². The van der Waals surface area contributed by atoms with E-state index in [9.17, 15) is 4.79 Å². The molecule has 0 aromatic carbocycles. The average molecular weight is 292 g/mol. The van der Waals surface area contributed by atoms with Gasteiger partial charge in [0.25, 0.3) is 0 Å². The van der Waals surface area contributed by atoms with Crippen LogP contribution < -0.4 is 10.6 Å². The molecule has 108 valence electrons. The van der Waals surface area contributed by atoms with E-state index < -0.39 is 0 Å². The Balaban J connectivity index is 1.59. The summed E-state index contributed by atoms with van der Waals surface area (Å²) in [5, 5.41) is 12.3. The first kappa shape index (κ1) is 14.7. The molecule has 0 aliphatic heterocycles. The number of thiophene rings is 1. The van der Waals surface area contributed by atoms with Gasteiger partial charge in [-0.2, -0.15) is 5.10 Å². The zero-order valence-corrected chi connectivity index (χ0v) is 12.4. The largest absolute Gasteiger partial charge is 0.354 e. The summed E-state index contributed by atoms with van der Waals surface area (Å²) in [5.74, 6) is 0.0435. The third kappa shape index (κ3) is 4.79. The lowest BCUT2D eigenvalue weighted by molar-refractivity contribution is -0.122. The fraction of sp³-hybridized carbons (Fsp3) is 0.429. The van der Waals surface area contributed by atoms with Crippen LogP contribution in [0.15, 0.2) is 36.0 Å². The summed E-state index contributed by atoms with van der Waals surface area (Å²) in [7, 11) is 0. The highest BCUT2D eigenvalue weighted by Crippen LogP contribution is 2.07. The molecule has 2 heterocycles. The Kier molecular flexibility index (Phi) is 5.76. The summed E-state index contributed by atoms with van der Waals surface area (Å²) in [6.45, 7) is 4.05. The van der Waals surface area contributed by atoms with Gasteiger partial charge in [0.05, 0.1) is 12.6 Å². The maximum absolute atomic E-state index is 11.9. The minimum atomic E-state index is -0.186. The van der Waals surface area contributed by atoms with Gasteiger partial charge in [-0.1, -0.05) is 6.07 Å². The van der Waals surface area contributed by atoms with Crippen LogP contribution in [-0.2, 0) is 17.8 Å². The fourth-order valence-corrected chi connectivity index (χ4v) is 2.55. The molecule has 2 aromatic heterocycles. The van der Waals surface area contributed by atoms with Crippen molar-refractivity contribution >= 4 is 17.2 Å². The highest BCUT2D eigenvalue weighted by molar-refractivity contribution is 7.09. The molecular weight excluding hydrogens is 272 g/mol. The zero-order valence-electron chi connectivity index (χ0n) is 11.6. The fourth-order valence-electron chi connectivity index (χ4n) is 1.84. The van der Waals surface area contributed by atoms with Crippen molar-refractivity contribution in [1.29, 1.82) is 0 Å². The van der Waals surface area contributed by atoms with Crippen molar-refractivity contribution in [2.24, 2.45) is 0 Å². The van der Waals surface area contributed by atoms with Crippen molar-refractivity contribution in [2.75, 3.05) is 13.1 Å². The second-order valence-corrected chi connectivity index (χ2v) is 5.60. The third-order valence-corrected chi connectivity index (χ3v) is 3.93. The van der Waals surface area contributed by atoms with Crippen LogP contribution in [-0.4, -0.2) is 34.8 Å². The number of nitrogens with one attached hydrogen (secondary N) is 2. The van der Waals surface area contributed by atoms with Crippen molar-refractivity contribution in [3.63, 3.8) is 0 Å². The lowest BCUT2D eigenvalue weighted by Gasteiger charge is -2.13. The summed E-state index contributed by atoms with van der Waals surface area (Å²) in [4.78, 5) is 13.2. The van der Waals surface area contributed by atoms with Crippen molar-refractivity contribution in [3.8, 4) is 0 Å². The number of carbonyl (C=O) groups is 1. The van der Waals surface area contributed by atoms with Gasteiger partial charge in [0.15, 0.2) is 0 Å². The van der Waals surface area contributed by atoms with Crippen LogP contribution in [0.25, 0.3) is 0 Å². The highest BCUT2D eigenvalue weighted by atomic mass is 32.1. The van der Waals surface area contributed by atoms with Gasteiger partial charge in [-0.25, -0.2) is 0 Å². The number of nitrogens with zero attached hydrogens (tertiary/aromatic N) is 2. The smallest absolute Gasteiger partial charge is 0.236 e. The topological polar surface area (TPSA) is 59.0 Å². The Bertz CT molecular complexity index is 495. The van der Waals surface area contributed by atoms with Crippen molar-refractivity contribution < 1.29 is 4.79 Å². The molecule has 0 radical (unpaired) electrons. The van der Waals surface area contributed by atoms with Gasteiger partial charge in [0.1, 0.15) is 0 Å². The van der Waals surface area contributed by atoms with E-state index in [-0.39, 0.29) is 11.9 Å². The van der Waals surface area contributed by atoms with E-state index in [2.05, 4.69) is 27.2 Å². The number of aromatic nitrogens is 2. The molecule has 0 saturated heterocycles. The van der Waals surface area contributed by atoms with Gasteiger partial charge in [-0.3, -0.25) is 9.48 Å². The van der Waals surface area contributed by atoms with Crippen LogP contribution in [0.3, 0.4) is 0 Å². The molecule has 1 amide bonds. The van der Waals surface area contributed by atoms with Crippen molar-refractivity contribution in [2.45, 2.75) is 25.9 Å². The van der Waals surface area contributed by atoms with Crippen LogP contribution in [0, 0.1) is 0 Å². The first-order valence-electron chi connectivity index (χ1n) is 6.76. The number of hydrogen-bond donors (Lipinski definition) is 2. The van der Waals surface area contributed by atoms with Gasteiger partial charge >= 0.3 is 0 Å². The molecule has 0 unspecified atom stereocenters. The quantitative estimate of drug-likeness (QED) is 0.770. The molecule has 2 aromatic rings. The van der Waals surface area contributed by atoms with Crippen LogP contribution in [0.2, 0.25) is 0 Å². The molecule has 5 nitrogen and oxygen atoms in total. The van der Waals surface area contributed by atoms with E-state index in [1.807, 2.05) is 29.9 Å². The second kappa shape index (κ2) is 7.81. The van der Waals surface area contributed by atoms with Gasteiger partial charge in [0.2, 0.25) is 5.91 Å². The number of carbonyl (C=O) groups excluding carboxylic acids is 1. The predicted octanol–water partition coefficient (Wildman–Crippen LogP) is 1.28. The first-order valence-corrected chi connectivity index (χ1v) is 7.64. The molecule has 20 heavy (non-hydrogen) atoms. The Hall–Kier alpha value is -1.66. The molecule has 0 fully saturated rings. The summed E-state index contributed by atoms with van der Waals surface area (Å²) < 4.78 is 1.84. The number of amides is 1. The van der Waals surface area contributed by atoms with Crippen molar-refractivity contribution in [3.05, 3.63) is 40.8 Å². The summed E-state index contributed by atoms with van der Waals surface area (Å²) >= 11 is 1.72. The maximum atomic E-state index is 11.9. The van der Waals surface area contributed by atoms with Gasteiger partial charge < -0.3 is 10.6 Å². The van der Waals surface area contributed by atoms with Gasteiger partial charge in [-0.05, 0) is 30.9 Å². The molecule has 2 rings (SSSR count). The molecule has 2 N–H and O–H groups in total. The standard InChI is InChI=1S/C14H20N4OS/c1-12(15-8-10-18-9-3-6-17-18)14(19)16-7-5-13-4-2-11-20-13/h2-4,6,9,11-12,15H,5,7-8,10H2,1H3,(H,16,19)/t12-/m0/s1. The van der Waals surface area contributed by atoms with Crippen LogP contribution in [0.5, 0.6) is 0 Å². The molecule has 6 heteroatoms. The van der Waals surface area contributed by atoms with Crippen molar-refractivity contribution in [1.82, 2.24) is 20.4 Å². The lowest BCUT2D eigenvalue weighted by atomic mass is 10.3. The molecular formula is C14H20N4OS. The normalized spacial score (nSPS) is 12.2. The maximum Gasteiger partial charge on any atom is 0.236 e. The molecule has 0 bridgehead atoms. The molecule has 0 saturated carbocycles. The Morgan fingerprint density at radius 3 is 3.05 bits per heavy atom. The summed E-state index contributed by atoms with van der Waals surface area (Å²) in [6.07, 6.45) is 4.55. The Morgan fingerprint density at radius 1 is 1.45 bits per heavy atom. The highest BCUT2D eigenvalue weighted by Gasteiger charge is 2.11. The minimum absolute atomic E-state index is 0.0435. The third-order valence-electron chi connectivity index (χ3n) is 2.99. The van der Waals surface area contributed by atoms with E-state index in [0.717, 1.165) is 19.5 Å². The van der Waals surface area contributed by atoms with Gasteiger partial charge in [-0.15, -0.1) is 11.3 Å². The summed E-state index contributed by atoms with van der Waals surface area (Å²) in [5.41, 5.74) is 0. The van der Waals surface area contributed by atoms with E-state index >= 15 is 0 Å². The zero-order chi connectivity index (χ0) is 14.2. The van der Waals surface area contributed by atoms with Crippen LogP contribution >= 0.6 is 11.3 Å². The monoisotopic (exact) mass is 292 g/mol. The SMILES string of the molecule is C[C@H](NCCn1cccn1)C(=O)NCCc1cccs1. The minimum Gasteiger partial charge on any atom is -0.354 e.